The zero-order chi connectivity index (χ0) is 23.4. The van der Waals surface area contributed by atoms with E-state index in [1.807, 2.05) is 28.9 Å². The van der Waals surface area contributed by atoms with Crippen LogP contribution in [0.2, 0.25) is 0 Å². The molecule has 10 heteroatoms. The molecule has 1 saturated heterocycles. The van der Waals surface area contributed by atoms with Crippen LogP contribution in [0.3, 0.4) is 0 Å². The van der Waals surface area contributed by atoms with Crippen LogP contribution in [-0.2, 0) is 29.7 Å². The standard InChI is InChI=1S/C23H31N7O2S/c1-4-30-17-21(18(2)27-30)16-28-11-13-29(14-12-28)23-22(24-9-10-25-23)20-7-5-19(6-8-20)15-26-33(3,31)32/h5-10,17,26H,4,11-16H2,1-3H3. The highest BCUT2D eigenvalue weighted by atomic mass is 32.2. The minimum atomic E-state index is -3.22. The molecule has 0 spiro atoms. The van der Waals surface area contributed by atoms with Gasteiger partial charge in [0.1, 0.15) is 5.69 Å². The Morgan fingerprint density at radius 2 is 1.73 bits per heavy atom. The van der Waals surface area contributed by atoms with Crippen molar-refractivity contribution in [3.8, 4) is 11.3 Å². The van der Waals surface area contributed by atoms with Gasteiger partial charge in [-0.1, -0.05) is 24.3 Å². The summed E-state index contributed by atoms with van der Waals surface area (Å²) < 4.78 is 27.2. The Hall–Kier alpha value is -2.82. The molecule has 0 aliphatic carbocycles. The molecule has 1 aliphatic rings. The van der Waals surface area contributed by atoms with Gasteiger partial charge in [-0.15, -0.1) is 0 Å². The number of rotatable bonds is 8. The minimum Gasteiger partial charge on any atom is -0.352 e. The molecule has 0 bridgehead atoms. The van der Waals surface area contributed by atoms with Gasteiger partial charge in [-0.05, 0) is 19.4 Å². The average molecular weight is 470 g/mol. The largest absolute Gasteiger partial charge is 0.352 e. The molecule has 2 aromatic heterocycles. The molecule has 0 saturated carbocycles. The topological polar surface area (TPSA) is 96.2 Å². The molecule has 1 fully saturated rings. The summed E-state index contributed by atoms with van der Waals surface area (Å²) in [5.41, 5.74) is 5.09. The number of nitrogens with zero attached hydrogens (tertiary/aromatic N) is 6. The Morgan fingerprint density at radius 1 is 1.03 bits per heavy atom. The number of benzene rings is 1. The van der Waals surface area contributed by atoms with Crippen LogP contribution >= 0.6 is 0 Å². The number of aryl methyl sites for hydroxylation is 2. The van der Waals surface area contributed by atoms with Crippen molar-refractivity contribution in [2.45, 2.75) is 33.5 Å². The summed E-state index contributed by atoms with van der Waals surface area (Å²) in [6.07, 6.45) is 6.75. The second-order valence-electron chi connectivity index (χ2n) is 8.38. The zero-order valence-corrected chi connectivity index (χ0v) is 20.2. The highest BCUT2D eigenvalue weighted by Gasteiger charge is 2.22. The number of aromatic nitrogens is 4. The van der Waals surface area contributed by atoms with E-state index in [0.717, 1.165) is 73.9 Å². The van der Waals surface area contributed by atoms with Crippen molar-refractivity contribution < 1.29 is 8.42 Å². The van der Waals surface area contributed by atoms with Crippen molar-refractivity contribution in [2.75, 3.05) is 37.3 Å². The maximum atomic E-state index is 11.3. The Morgan fingerprint density at radius 3 is 2.36 bits per heavy atom. The lowest BCUT2D eigenvalue weighted by molar-refractivity contribution is 0.249. The first-order valence-electron chi connectivity index (χ1n) is 11.2. The van der Waals surface area contributed by atoms with Gasteiger partial charge in [-0.25, -0.2) is 18.1 Å². The van der Waals surface area contributed by atoms with Crippen LogP contribution in [0.4, 0.5) is 5.82 Å². The van der Waals surface area contributed by atoms with Crippen LogP contribution in [0, 0.1) is 6.92 Å². The fraction of sp³-hybridized carbons (Fsp3) is 0.435. The number of sulfonamides is 1. The Balaban J connectivity index is 1.42. The van der Waals surface area contributed by atoms with Crippen LogP contribution in [0.1, 0.15) is 23.7 Å². The SMILES string of the molecule is CCn1cc(CN2CCN(c3nccnc3-c3ccc(CNS(C)(=O)=O)cc3)CC2)c(C)n1. The normalized spacial score (nSPS) is 15.2. The van der Waals surface area contributed by atoms with Gasteiger partial charge in [0.25, 0.3) is 0 Å². The fourth-order valence-corrected chi connectivity index (χ4v) is 4.42. The quantitative estimate of drug-likeness (QED) is 0.539. The number of hydrogen-bond donors (Lipinski definition) is 1. The van der Waals surface area contributed by atoms with Crippen molar-refractivity contribution in [2.24, 2.45) is 0 Å². The number of anilines is 1. The lowest BCUT2D eigenvalue weighted by atomic mass is 10.1. The van der Waals surface area contributed by atoms with Crippen molar-refractivity contribution >= 4 is 15.8 Å². The lowest BCUT2D eigenvalue weighted by Gasteiger charge is -2.35. The summed E-state index contributed by atoms with van der Waals surface area (Å²) >= 11 is 0. The van der Waals surface area contributed by atoms with Crippen LogP contribution < -0.4 is 9.62 Å². The van der Waals surface area contributed by atoms with Crippen molar-refractivity contribution in [1.82, 2.24) is 29.4 Å². The Bertz CT molecular complexity index is 1180. The van der Waals surface area contributed by atoms with Crippen LogP contribution in [-0.4, -0.2) is 65.5 Å². The van der Waals surface area contributed by atoms with Crippen molar-refractivity contribution in [1.29, 1.82) is 0 Å². The summed E-state index contributed by atoms with van der Waals surface area (Å²) in [6.45, 7) is 9.90. The number of nitrogens with one attached hydrogen (secondary N) is 1. The summed E-state index contributed by atoms with van der Waals surface area (Å²) in [5.74, 6) is 0.883. The van der Waals surface area contributed by atoms with Crippen LogP contribution in [0.15, 0.2) is 42.9 Å². The van der Waals surface area contributed by atoms with E-state index in [0.29, 0.717) is 0 Å². The van der Waals surface area contributed by atoms with Gasteiger partial charge in [-0.3, -0.25) is 14.6 Å². The number of hydrogen-bond acceptors (Lipinski definition) is 7. The van der Waals surface area contributed by atoms with E-state index < -0.39 is 10.0 Å². The summed E-state index contributed by atoms with van der Waals surface area (Å²) in [7, 11) is -3.22. The third-order valence-electron chi connectivity index (χ3n) is 5.88. The molecule has 0 atom stereocenters. The van der Waals surface area contributed by atoms with Crippen molar-refractivity contribution in [3.05, 3.63) is 59.7 Å². The predicted octanol–water partition coefficient (Wildman–Crippen LogP) is 2.04. The van der Waals surface area contributed by atoms with Gasteiger partial charge < -0.3 is 4.90 Å². The summed E-state index contributed by atoms with van der Waals surface area (Å²) in [4.78, 5) is 14.0. The Labute approximate surface area is 195 Å². The third kappa shape index (κ3) is 5.95. The third-order valence-corrected chi connectivity index (χ3v) is 6.55. The molecular formula is C23H31N7O2S. The molecule has 3 aromatic rings. The van der Waals surface area contributed by atoms with Crippen LogP contribution in [0.25, 0.3) is 11.3 Å². The van der Waals surface area contributed by atoms with E-state index in [-0.39, 0.29) is 6.54 Å². The smallest absolute Gasteiger partial charge is 0.209 e. The second-order valence-corrected chi connectivity index (χ2v) is 10.2. The van der Waals surface area contributed by atoms with Crippen LogP contribution in [0.5, 0.6) is 0 Å². The minimum absolute atomic E-state index is 0.269. The lowest BCUT2D eigenvalue weighted by Crippen LogP contribution is -2.46. The van der Waals surface area contributed by atoms with E-state index in [1.54, 1.807) is 12.4 Å². The molecule has 9 nitrogen and oxygen atoms in total. The first kappa shape index (κ1) is 23.3. The molecule has 3 heterocycles. The van der Waals surface area contributed by atoms with Gasteiger partial charge in [0, 0.05) is 75.5 Å². The highest BCUT2D eigenvalue weighted by molar-refractivity contribution is 7.88. The molecule has 1 aromatic carbocycles. The van der Waals surface area contributed by atoms with E-state index in [1.165, 1.54) is 5.56 Å². The molecular weight excluding hydrogens is 438 g/mol. The van der Waals surface area contributed by atoms with Gasteiger partial charge >= 0.3 is 0 Å². The van der Waals surface area contributed by atoms with E-state index in [9.17, 15) is 8.42 Å². The first-order chi connectivity index (χ1) is 15.8. The van der Waals surface area contributed by atoms with Gasteiger partial charge in [0.2, 0.25) is 10.0 Å². The second kappa shape index (κ2) is 9.98. The van der Waals surface area contributed by atoms with Gasteiger partial charge in [-0.2, -0.15) is 5.10 Å². The number of piperazine rings is 1. The molecule has 1 aliphatic heterocycles. The zero-order valence-electron chi connectivity index (χ0n) is 19.4. The van der Waals surface area contributed by atoms with E-state index >= 15 is 0 Å². The van der Waals surface area contributed by atoms with Crippen molar-refractivity contribution in [3.63, 3.8) is 0 Å². The molecule has 4 rings (SSSR count). The molecule has 176 valence electrons. The molecule has 0 radical (unpaired) electrons. The monoisotopic (exact) mass is 469 g/mol. The first-order valence-corrected chi connectivity index (χ1v) is 13.1. The van der Waals surface area contributed by atoms with E-state index in [2.05, 4.69) is 49.6 Å². The van der Waals surface area contributed by atoms with E-state index in [4.69, 9.17) is 0 Å². The van der Waals surface area contributed by atoms with Gasteiger partial charge in [0.05, 0.1) is 11.9 Å². The summed E-state index contributed by atoms with van der Waals surface area (Å²) in [5, 5.41) is 4.56. The summed E-state index contributed by atoms with van der Waals surface area (Å²) in [6, 6.07) is 7.78. The molecule has 0 unspecified atom stereocenters. The maximum absolute atomic E-state index is 11.3. The highest BCUT2D eigenvalue weighted by Crippen LogP contribution is 2.28. The maximum Gasteiger partial charge on any atom is 0.209 e. The average Bonchev–Trinajstić information content (AvgIpc) is 3.17. The fourth-order valence-electron chi connectivity index (χ4n) is 4.00. The van der Waals surface area contributed by atoms with Gasteiger partial charge in [0.15, 0.2) is 5.82 Å². The predicted molar refractivity (Wildman–Crippen MR) is 129 cm³/mol. The molecule has 0 amide bonds. The Kier molecular flexibility index (Phi) is 7.06. The molecule has 33 heavy (non-hydrogen) atoms. The molecule has 1 N–H and O–H groups in total.